The van der Waals surface area contributed by atoms with E-state index in [1.807, 2.05) is 0 Å². The number of carbonyl (C=O) groups is 6. The molecule has 0 fully saturated rings. The molecule has 34 heavy (non-hydrogen) atoms. The number of hydrogen-bond acceptors (Lipinski definition) is 7. The average Bonchev–Trinajstić information content (AvgIpc) is 2.76. The van der Waals surface area contributed by atoms with Crippen LogP contribution in [0, 0.1) is 0 Å². The highest BCUT2D eigenvalue weighted by Gasteiger charge is 2.29. The number of nitrogens with one attached hydrogen (secondary N) is 3. The van der Waals surface area contributed by atoms with Crippen LogP contribution in [0.3, 0.4) is 0 Å². The standard InChI is InChI=1S/C21H30N6O7/c1-11(18(30)27-15(21(33)34)9-12-5-3-2-4-6-12)25-20(32)14(10-17(24)29)26-19(31)13(22)7-8-16(23)28/h2-6,11,13-15H,7-10,22H2,1H3,(H2,23,28)(H2,24,29)(H,25,32)(H,26,31)(H,27,30)(H,33,34). The van der Waals surface area contributed by atoms with Gasteiger partial charge >= 0.3 is 5.97 Å². The van der Waals surface area contributed by atoms with E-state index in [1.54, 1.807) is 30.3 Å². The third-order valence-corrected chi connectivity index (χ3v) is 4.73. The van der Waals surface area contributed by atoms with Crippen molar-refractivity contribution in [2.45, 2.75) is 56.8 Å². The van der Waals surface area contributed by atoms with Gasteiger partial charge in [-0.05, 0) is 18.9 Å². The van der Waals surface area contributed by atoms with Crippen molar-refractivity contribution in [2.75, 3.05) is 0 Å². The number of nitrogens with two attached hydrogens (primary N) is 3. The second-order valence-electron chi connectivity index (χ2n) is 7.66. The number of benzene rings is 1. The number of carboxylic acids is 1. The maximum absolute atomic E-state index is 12.6. The molecule has 0 heterocycles. The predicted octanol–water partition coefficient (Wildman–Crippen LogP) is -2.74. The average molecular weight is 479 g/mol. The fourth-order valence-electron chi connectivity index (χ4n) is 2.84. The van der Waals surface area contributed by atoms with Gasteiger partial charge in [0.05, 0.1) is 12.5 Å². The molecule has 4 unspecified atom stereocenters. The highest BCUT2D eigenvalue weighted by Crippen LogP contribution is 2.04. The van der Waals surface area contributed by atoms with Crippen molar-refractivity contribution in [1.82, 2.24) is 16.0 Å². The van der Waals surface area contributed by atoms with Crippen molar-refractivity contribution in [3.05, 3.63) is 35.9 Å². The number of rotatable bonds is 14. The number of aliphatic carboxylic acids is 1. The van der Waals surface area contributed by atoms with Gasteiger partial charge in [0.15, 0.2) is 0 Å². The van der Waals surface area contributed by atoms with Gasteiger partial charge in [0.2, 0.25) is 29.5 Å². The Labute approximate surface area is 195 Å². The van der Waals surface area contributed by atoms with Gasteiger partial charge in [0.25, 0.3) is 0 Å². The number of hydrogen-bond donors (Lipinski definition) is 7. The van der Waals surface area contributed by atoms with Crippen LogP contribution in [0.25, 0.3) is 0 Å². The molecule has 4 atom stereocenters. The topological polar surface area (TPSA) is 237 Å². The molecule has 0 bridgehead atoms. The predicted molar refractivity (Wildman–Crippen MR) is 119 cm³/mol. The van der Waals surface area contributed by atoms with E-state index in [0.717, 1.165) is 0 Å². The van der Waals surface area contributed by atoms with Crippen molar-refractivity contribution >= 4 is 35.5 Å². The first-order valence-electron chi connectivity index (χ1n) is 10.4. The Morgan fingerprint density at radius 3 is 1.97 bits per heavy atom. The summed E-state index contributed by atoms with van der Waals surface area (Å²) in [6, 6.07) is 3.56. The zero-order chi connectivity index (χ0) is 25.8. The van der Waals surface area contributed by atoms with Gasteiger partial charge in [-0.2, -0.15) is 0 Å². The van der Waals surface area contributed by atoms with E-state index in [9.17, 15) is 33.9 Å². The normalized spacial score (nSPS) is 14.1. The summed E-state index contributed by atoms with van der Waals surface area (Å²) in [6.45, 7) is 1.30. The first-order valence-corrected chi connectivity index (χ1v) is 10.4. The van der Waals surface area contributed by atoms with Crippen LogP contribution in [-0.4, -0.2) is 64.8 Å². The highest BCUT2D eigenvalue weighted by atomic mass is 16.4. The number of carbonyl (C=O) groups excluding carboxylic acids is 5. The molecule has 0 aliphatic carbocycles. The van der Waals surface area contributed by atoms with Crippen LogP contribution in [-0.2, 0) is 35.2 Å². The molecule has 1 aromatic rings. The zero-order valence-corrected chi connectivity index (χ0v) is 18.7. The summed E-state index contributed by atoms with van der Waals surface area (Å²) in [7, 11) is 0. The van der Waals surface area contributed by atoms with Crippen LogP contribution >= 0.6 is 0 Å². The summed E-state index contributed by atoms with van der Waals surface area (Å²) < 4.78 is 0. The summed E-state index contributed by atoms with van der Waals surface area (Å²) in [4.78, 5) is 71.0. The molecule has 186 valence electrons. The highest BCUT2D eigenvalue weighted by molar-refractivity contribution is 5.96. The van der Waals surface area contributed by atoms with E-state index in [2.05, 4.69) is 16.0 Å². The Kier molecular flexibility index (Phi) is 11.2. The Balaban J connectivity index is 2.77. The van der Waals surface area contributed by atoms with Crippen LogP contribution in [0.1, 0.15) is 31.7 Å². The molecule has 0 aromatic heterocycles. The molecule has 0 aliphatic heterocycles. The summed E-state index contributed by atoms with van der Waals surface area (Å²) >= 11 is 0. The molecule has 13 nitrogen and oxygen atoms in total. The Morgan fingerprint density at radius 1 is 0.853 bits per heavy atom. The zero-order valence-electron chi connectivity index (χ0n) is 18.7. The minimum Gasteiger partial charge on any atom is -0.480 e. The van der Waals surface area contributed by atoms with E-state index in [1.165, 1.54) is 6.92 Å². The summed E-state index contributed by atoms with van der Waals surface area (Å²) in [6.07, 6.45) is -0.804. The summed E-state index contributed by atoms with van der Waals surface area (Å²) in [5.74, 6) is -5.36. The van der Waals surface area contributed by atoms with Gasteiger partial charge in [-0.25, -0.2) is 4.79 Å². The third kappa shape index (κ3) is 10.1. The van der Waals surface area contributed by atoms with Crippen molar-refractivity contribution in [1.29, 1.82) is 0 Å². The number of amides is 5. The van der Waals surface area contributed by atoms with Crippen LogP contribution in [0.2, 0.25) is 0 Å². The lowest BCUT2D eigenvalue weighted by Gasteiger charge is -2.23. The SMILES string of the molecule is CC(NC(=O)C(CC(N)=O)NC(=O)C(N)CCC(N)=O)C(=O)NC(Cc1ccccc1)C(=O)O. The minimum atomic E-state index is -1.44. The van der Waals surface area contributed by atoms with Gasteiger partial charge in [0.1, 0.15) is 18.1 Å². The first-order chi connectivity index (χ1) is 15.9. The molecule has 13 heteroatoms. The molecule has 0 saturated heterocycles. The van der Waals surface area contributed by atoms with Crippen LogP contribution in [0.4, 0.5) is 0 Å². The summed E-state index contributed by atoms with van der Waals surface area (Å²) in [5, 5.41) is 16.3. The fraction of sp³-hybridized carbons (Fsp3) is 0.429. The van der Waals surface area contributed by atoms with E-state index in [-0.39, 0.29) is 19.3 Å². The largest absolute Gasteiger partial charge is 0.480 e. The Bertz CT molecular complexity index is 908. The number of primary amides is 2. The molecule has 0 spiro atoms. The van der Waals surface area contributed by atoms with Crippen LogP contribution in [0.15, 0.2) is 30.3 Å². The molecule has 0 radical (unpaired) electrons. The molecule has 0 aliphatic rings. The van der Waals surface area contributed by atoms with E-state index in [4.69, 9.17) is 17.2 Å². The van der Waals surface area contributed by atoms with Gasteiger partial charge in [-0.15, -0.1) is 0 Å². The fourth-order valence-corrected chi connectivity index (χ4v) is 2.84. The summed E-state index contributed by atoms with van der Waals surface area (Å²) in [5.41, 5.74) is 16.5. The second kappa shape index (κ2) is 13.5. The second-order valence-corrected chi connectivity index (χ2v) is 7.66. The quantitative estimate of drug-likeness (QED) is 0.148. The van der Waals surface area contributed by atoms with Crippen molar-refractivity contribution in [2.24, 2.45) is 17.2 Å². The Morgan fingerprint density at radius 2 is 1.44 bits per heavy atom. The third-order valence-electron chi connectivity index (χ3n) is 4.73. The van der Waals surface area contributed by atoms with E-state index in [0.29, 0.717) is 5.56 Å². The van der Waals surface area contributed by atoms with Gasteiger partial charge in [0, 0.05) is 12.8 Å². The number of carboxylic acid groups (broad SMARTS) is 1. The lowest BCUT2D eigenvalue weighted by atomic mass is 10.1. The van der Waals surface area contributed by atoms with Gasteiger partial charge < -0.3 is 38.3 Å². The molecule has 10 N–H and O–H groups in total. The molecular formula is C21H30N6O7. The molecule has 5 amide bonds. The Hall–Kier alpha value is -4.00. The van der Waals surface area contributed by atoms with Gasteiger partial charge in [-0.1, -0.05) is 30.3 Å². The van der Waals surface area contributed by atoms with E-state index < -0.39 is 66.1 Å². The lowest BCUT2D eigenvalue weighted by molar-refractivity contribution is -0.142. The molecule has 1 aromatic carbocycles. The maximum Gasteiger partial charge on any atom is 0.326 e. The molecule has 0 saturated carbocycles. The van der Waals surface area contributed by atoms with Crippen molar-refractivity contribution in [3.8, 4) is 0 Å². The van der Waals surface area contributed by atoms with Gasteiger partial charge in [-0.3, -0.25) is 24.0 Å². The monoisotopic (exact) mass is 478 g/mol. The van der Waals surface area contributed by atoms with Crippen LogP contribution < -0.4 is 33.2 Å². The minimum absolute atomic E-state index is 0.0200. The van der Waals surface area contributed by atoms with E-state index >= 15 is 0 Å². The maximum atomic E-state index is 12.6. The van der Waals surface area contributed by atoms with Crippen molar-refractivity contribution < 1.29 is 33.9 Å². The lowest BCUT2D eigenvalue weighted by Crippen LogP contribution is -2.57. The molecule has 1 rings (SSSR count). The molecular weight excluding hydrogens is 448 g/mol. The van der Waals surface area contributed by atoms with Crippen molar-refractivity contribution in [3.63, 3.8) is 0 Å². The smallest absolute Gasteiger partial charge is 0.326 e. The first kappa shape index (κ1) is 28.0. The van der Waals surface area contributed by atoms with Crippen LogP contribution in [0.5, 0.6) is 0 Å².